The maximum absolute atomic E-state index is 14.1. The van der Waals surface area contributed by atoms with Crippen LogP contribution in [0.25, 0.3) is 0 Å². The summed E-state index contributed by atoms with van der Waals surface area (Å²) < 4.78 is 14.1. The van der Waals surface area contributed by atoms with Gasteiger partial charge in [0.2, 0.25) is 0 Å². The van der Waals surface area contributed by atoms with Crippen LogP contribution in [-0.2, 0) is 11.3 Å². The normalized spacial score (nSPS) is 20.7. The van der Waals surface area contributed by atoms with Crippen LogP contribution in [0.2, 0.25) is 0 Å². The van der Waals surface area contributed by atoms with Crippen molar-refractivity contribution in [3.05, 3.63) is 29.6 Å². The maximum Gasteiger partial charge on any atom is 0.306 e. The van der Waals surface area contributed by atoms with E-state index in [4.69, 9.17) is 5.11 Å². The molecular weight excluding hydrogens is 297 g/mol. The van der Waals surface area contributed by atoms with Gasteiger partial charge in [0.05, 0.1) is 11.6 Å². The molecule has 2 heterocycles. The molecule has 2 aliphatic heterocycles. The molecule has 126 valence electrons. The van der Waals surface area contributed by atoms with Gasteiger partial charge in [-0.2, -0.15) is 0 Å². The highest BCUT2D eigenvalue weighted by Crippen LogP contribution is 2.24. The van der Waals surface area contributed by atoms with Crippen molar-refractivity contribution in [3.63, 3.8) is 0 Å². The summed E-state index contributed by atoms with van der Waals surface area (Å²) in [5.74, 6) is -1.07. The first-order chi connectivity index (χ1) is 11.1. The predicted molar refractivity (Wildman–Crippen MR) is 87.1 cm³/mol. The summed E-state index contributed by atoms with van der Waals surface area (Å²) >= 11 is 0. The second-order valence-electron chi connectivity index (χ2n) is 6.41. The Balaban J connectivity index is 1.63. The number of carboxylic acids is 1. The van der Waals surface area contributed by atoms with E-state index in [9.17, 15) is 9.18 Å². The molecule has 3 rings (SSSR count). The third-order valence-corrected chi connectivity index (χ3v) is 4.81. The van der Waals surface area contributed by atoms with Gasteiger partial charge in [-0.3, -0.25) is 9.69 Å². The lowest BCUT2D eigenvalue weighted by Crippen LogP contribution is -2.44. The number of anilines is 1. The Bertz CT molecular complexity index is 553. The molecule has 0 aliphatic carbocycles. The van der Waals surface area contributed by atoms with Gasteiger partial charge in [-0.1, -0.05) is 6.07 Å². The van der Waals surface area contributed by atoms with Gasteiger partial charge < -0.3 is 15.3 Å². The van der Waals surface area contributed by atoms with Crippen LogP contribution in [0, 0.1) is 11.7 Å². The Labute approximate surface area is 136 Å². The third-order valence-electron chi connectivity index (χ3n) is 4.81. The van der Waals surface area contributed by atoms with E-state index in [2.05, 4.69) is 15.1 Å². The van der Waals surface area contributed by atoms with Crippen molar-refractivity contribution in [1.29, 1.82) is 0 Å². The molecule has 0 aromatic heterocycles. The Hall–Kier alpha value is -1.66. The van der Waals surface area contributed by atoms with Crippen LogP contribution < -0.4 is 10.2 Å². The third kappa shape index (κ3) is 4.00. The molecule has 2 fully saturated rings. The largest absolute Gasteiger partial charge is 0.481 e. The number of aliphatic carboxylic acids is 1. The van der Waals surface area contributed by atoms with E-state index < -0.39 is 5.97 Å². The van der Waals surface area contributed by atoms with E-state index in [1.807, 2.05) is 12.1 Å². The lowest BCUT2D eigenvalue weighted by molar-refractivity contribution is -0.143. The number of likely N-dealkylation sites (tertiary alicyclic amines) is 1. The van der Waals surface area contributed by atoms with Gasteiger partial charge in [0.25, 0.3) is 0 Å². The lowest BCUT2D eigenvalue weighted by Gasteiger charge is -2.32. The molecule has 5 nitrogen and oxygen atoms in total. The molecular formula is C17H24FN3O2. The summed E-state index contributed by atoms with van der Waals surface area (Å²) in [5.41, 5.74) is 1.78. The first-order valence-electron chi connectivity index (χ1n) is 8.33. The monoisotopic (exact) mass is 321 g/mol. The molecule has 0 saturated carbocycles. The minimum Gasteiger partial charge on any atom is -0.481 e. The fraction of sp³-hybridized carbons (Fsp3) is 0.588. The van der Waals surface area contributed by atoms with E-state index >= 15 is 0 Å². The number of piperazine rings is 1. The van der Waals surface area contributed by atoms with Crippen LogP contribution in [0.15, 0.2) is 18.2 Å². The number of nitrogens with zero attached hydrogens (tertiary/aromatic N) is 2. The average Bonchev–Trinajstić information content (AvgIpc) is 2.58. The zero-order chi connectivity index (χ0) is 16.2. The molecule has 2 aliphatic rings. The number of halogens is 1. The maximum atomic E-state index is 14.1. The fourth-order valence-electron chi connectivity index (χ4n) is 3.40. The topological polar surface area (TPSA) is 55.8 Å². The molecule has 0 amide bonds. The van der Waals surface area contributed by atoms with Crippen LogP contribution in [0.3, 0.4) is 0 Å². The molecule has 0 bridgehead atoms. The summed E-state index contributed by atoms with van der Waals surface area (Å²) in [6.07, 6.45) is 1.39. The average molecular weight is 321 g/mol. The van der Waals surface area contributed by atoms with Crippen molar-refractivity contribution in [1.82, 2.24) is 10.2 Å². The number of piperidine rings is 1. The Kier molecular flexibility index (Phi) is 5.13. The molecule has 0 atom stereocenters. The van der Waals surface area contributed by atoms with Crippen molar-refractivity contribution in [2.24, 2.45) is 5.92 Å². The molecule has 0 spiro atoms. The van der Waals surface area contributed by atoms with E-state index in [0.717, 1.165) is 51.4 Å². The number of carboxylic acid groups (broad SMARTS) is 1. The fourth-order valence-corrected chi connectivity index (χ4v) is 3.40. The number of hydrogen-bond donors (Lipinski definition) is 2. The highest BCUT2D eigenvalue weighted by atomic mass is 19.1. The van der Waals surface area contributed by atoms with Crippen LogP contribution in [0.5, 0.6) is 0 Å². The number of carbonyl (C=O) groups is 1. The van der Waals surface area contributed by atoms with E-state index in [0.29, 0.717) is 18.5 Å². The van der Waals surface area contributed by atoms with Crippen LogP contribution in [-0.4, -0.2) is 55.2 Å². The smallest absolute Gasteiger partial charge is 0.306 e. The van der Waals surface area contributed by atoms with Gasteiger partial charge in [-0.05, 0) is 43.6 Å². The van der Waals surface area contributed by atoms with Crippen molar-refractivity contribution < 1.29 is 14.3 Å². The molecule has 1 aromatic carbocycles. The van der Waals surface area contributed by atoms with E-state index in [1.54, 1.807) is 6.07 Å². The number of rotatable bonds is 4. The molecule has 0 radical (unpaired) electrons. The molecule has 6 heteroatoms. The summed E-state index contributed by atoms with van der Waals surface area (Å²) in [7, 11) is 0. The number of hydrogen-bond acceptors (Lipinski definition) is 4. The van der Waals surface area contributed by atoms with E-state index in [1.165, 1.54) is 0 Å². The van der Waals surface area contributed by atoms with Gasteiger partial charge in [-0.15, -0.1) is 0 Å². The van der Waals surface area contributed by atoms with Crippen molar-refractivity contribution in [3.8, 4) is 0 Å². The van der Waals surface area contributed by atoms with Crippen molar-refractivity contribution in [2.45, 2.75) is 19.4 Å². The Morgan fingerprint density at radius 2 is 1.91 bits per heavy atom. The highest BCUT2D eigenvalue weighted by Gasteiger charge is 2.24. The van der Waals surface area contributed by atoms with Crippen molar-refractivity contribution >= 4 is 11.7 Å². The SMILES string of the molecule is O=C(O)C1CCN(Cc2ccc(F)c(N3CCNCC3)c2)CC1. The summed E-state index contributed by atoms with van der Waals surface area (Å²) in [4.78, 5) is 15.4. The molecule has 23 heavy (non-hydrogen) atoms. The summed E-state index contributed by atoms with van der Waals surface area (Å²) in [6.45, 7) is 5.74. The number of nitrogens with one attached hydrogen (secondary N) is 1. The van der Waals surface area contributed by atoms with Gasteiger partial charge in [-0.25, -0.2) is 4.39 Å². The van der Waals surface area contributed by atoms with Crippen LogP contribution >= 0.6 is 0 Å². The molecule has 2 N–H and O–H groups in total. The minimum absolute atomic E-state index is 0.166. The van der Waals surface area contributed by atoms with E-state index in [-0.39, 0.29) is 11.7 Å². The second-order valence-corrected chi connectivity index (χ2v) is 6.41. The number of benzene rings is 1. The Morgan fingerprint density at radius 1 is 1.22 bits per heavy atom. The Morgan fingerprint density at radius 3 is 2.57 bits per heavy atom. The molecule has 1 aromatic rings. The molecule has 0 unspecified atom stereocenters. The van der Waals surface area contributed by atoms with Crippen LogP contribution in [0.4, 0.5) is 10.1 Å². The van der Waals surface area contributed by atoms with Gasteiger partial charge >= 0.3 is 5.97 Å². The van der Waals surface area contributed by atoms with Crippen LogP contribution in [0.1, 0.15) is 18.4 Å². The first-order valence-corrected chi connectivity index (χ1v) is 8.33. The zero-order valence-corrected chi connectivity index (χ0v) is 13.3. The molecule has 2 saturated heterocycles. The lowest BCUT2D eigenvalue weighted by atomic mass is 9.97. The van der Waals surface area contributed by atoms with Gasteiger partial charge in [0, 0.05) is 32.7 Å². The first kappa shape index (κ1) is 16.2. The summed E-state index contributed by atoms with van der Waals surface area (Å²) in [6, 6.07) is 5.34. The minimum atomic E-state index is -0.688. The van der Waals surface area contributed by atoms with Gasteiger partial charge in [0.1, 0.15) is 5.82 Å². The van der Waals surface area contributed by atoms with Gasteiger partial charge in [0.15, 0.2) is 0 Å². The standard InChI is InChI=1S/C17H24FN3O2/c18-15-2-1-13(11-16(15)21-9-5-19-6-10-21)12-20-7-3-14(4-8-20)17(22)23/h1-2,11,14,19H,3-10,12H2,(H,22,23). The second kappa shape index (κ2) is 7.27. The summed E-state index contributed by atoms with van der Waals surface area (Å²) in [5, 5.41) is 12.3. The highest BCUT2D eigenvalue weighted by molar-refractivity contribution is 5.70. The quantitative estimate of drug-likeness (QED) is 0.881. The van der Waals surface area contributed by atoms with Crippen molar-refractivity contribution in [2.75, 3.05) is 44.2 Å². The zero-order valence-electron chi connectivity index (χ0n) is 13.3. The predicted octanol–water partition coefficient (Wildman–Crippen LogP) is 1.53.